The molecule has 7 heteroatoms. The molecule has 2 heterocycles. The summed E-state index contributed by atoms with van der Waals surface area (Å²) in [6, 6.07) is 5.50. The molecule has 0 fully saturated rings. The highest BCUT2D eigenvalue weighted by molar-refractivity contribution is 6.38. The van der Waals surface area contributed by atoms with Crippen molar-refractivity contribution in [3.63, 3.8) is 0 Å². The van der Waals surface area contributed by atoms with Crippen LogP contribution in [0.5, 0.6) is 0 Å². The molecule has 1 aromatic carbocycles. The fourth-order valence-electron chi connectivity index (χ4n) is 2.49. The number of amidine groups is 1. The van der Waals surface area contributed by atoms with Gasteiger partial charge in [0.2, 0.25) is 0 Å². The predicted molar refractivity (Wildman–Crippen MR) is 81.0 cm³/mol. The number of aliphatic imine (C=N–C) groups is 1. The van der Waals surface area contributed by atoms with E-state index >= 15 is 0 Å². The third kappa shape index (κ3) is 2.10. The Morgan fingerprint density at radius 3 is 2.95 bits per heavy atom. The Morgan fingerprint density at radius 1 is 1.48 bits per heavy atom. The SMILES string of the molecule is COC1(NC(C)C)NN=C2C=Nc3cc(C=O)ccc3N21. The topological polar surface area (TPSA) is 78.3 Å². The van der Waals surface area contributed by atoms with Crippen LogP contribution in [0.2, 0.25) is 0 Å². The number of carbonyl (C=O) groups excluding carboxylic acids is 1. The number of nitrogens with zero attached hydrogens (tertiary/aromatic N) is 3. The Morgan fingerprint density at radius 2 is 2.29 bits per heavy atom. The Labute approximate surface area is 122 Å². The van der Waals surface area contributed by atoms with Crippen LogP contribution in [-0.4, -0.2) is 37.5 Å². The molecule has 7 nitrogen and oxygen atoms in total. The van der Waals surface area contributed by atoms with Gasteiger partial charge in [-0.15, -0.1) is 0 Å². The summed E-state index contributed by atoms with van der Waals surface area (Å²) in [4.78, 5) is 17.1. The van der Waals surface area contributed by atoms with Crippen molar-refractivity contribution >= 4 is 29.7 Å². The number of hydrazone groups is 1. The Bertz CT molecular complexity index is 640. The van der Waals surface area contributed by atoms with Gasteiger partial charge >= 0.3 is 5.97 Å². The van der Waals surface area contributed by atoms with Gasteiger partial charge in [0.15, 0.2) is 5.84 Å². The molecule has 1 aromatic rings. The van der Waals surface area contributed by atoms with E-state index in [0.717, 1.165) is 12.0 Å². The number of ether oxygens (including phenoxy) is 1. The van der Waals surface area contributed by atoms with Crippen molar-refractivity contribution in [2.75, 3.05) is 12.0 Å². The molecule has 0 bridgehead atoms. The second kappa shape index (κ2) is 4.94. The number of nitrogens with one attached hydrogen (secondary N) is 2. The summed E-state index contributed by atoms with van der Waals surface area (Å²) < 4.78 is 5.65. The molecule has 0 amide bonds. The highest BCUT2D eigenvalue weighted by Crippen LogP contribution is 2.37. The monoisotopic (exact) mass is 287 g/mol. The Hall–Kier alpha value is -2.25. The van der Waals surface area contributed by atoms with Crippen LogP contribution in [0.1, 0.15) is 24.2 Å². The van der Waals surface area contributed by atoms with Gasteiger partial charge in [0.1, 0.15) is 6.29 Å². The summed E-state index contributed by atoms with van der Waals surface area (Å²) in [6.45, 7) is 4.05. The first-order chi connectivity index (χ1) is 10.1. The second-order valence-corrected chi connectivity index (χ2v) is 5.19. The first kappa shape index (κ1) is 13.7. The normalized spacial score (nSPS) is 22.7. The largest absolute Gasteiger partial charge is 0.327 e. The number of methoxy groups -OCH3 is 1. The summed E-state index contributed by atoms with van der Waals surface area (Å²) in [5, 5.41) is 7.58. The quantitative estimate of drug-likeness (QED) is 0.642. The van der Waals surface area contributed by atoms with Crippen molar-refractivity contribution in [3.8, 4) is 0 Å². The van der Waals surface area contributed by atoms with Crippen molar-refractivity contribution in [1.82, 2.24) is 10.7 Å². The molecule has 0 radical (unpaired) electrons. The van der Waals surface area contributed by atoms with E-state index < -0.39 is 5.97 Å². The van der Waals surface area contributed by atoms with Crippen LogP contribution in [-0.2, 0) is 4.74 Å². The lowest BCUT2D eigenvalue weighted by Gasteiger charge is -2.40. The fraction of sp³-hybridized carbons (Fsp3) is 0.357. The highest BCUT2D eigenvalue weighted by atomic mass is 16.5. The van der Waals surface area contributed by atoms with E-state index in [9.17, 15) is 4.79 Å². The standard InChI is InChI=1S/C14H17N5O2/c1-9(2)16-14(21-3)18-17-13-7-15-11-6-10(8-20)4-5-12(11)19(13)14/h4-9,16,18H,1-3H3. The fourth-order valence-corrected chi connectivity index (χ4v) is 2.49. The van der Waals surface area contributed by atoms with E-state index in [1.807, 2.05) is 24.8 Å². The molecule has 0 saturated heterocycles. The second-order valence-electron chi connectivity index (χ2n) is 5.19. The number of fused-ring (bicyclic) bond motifs is 3. The first-order valence-electron chi connectivity index (χ1n) is 6.71. The van der Waals surface area contributed by atoms with Crippen molar-refractivity contribution < 1.29 is 9.53 Å². The summed E-state index contributed by atoms with van der Waals surface area (Å²) in [7, 11) is 1.60. The summed E-state index contributed by atoms with van der Waals surface area (Å²) in [5.41, 5.74) is 5.09. The van der Waals surface area contributed by atoms with Crippen molar-refractivity contribution in [3.05, 3.63) is 23.8 Å². The molecular formula is C14H17N5O2. The molecule has 3 rings (SSSR count). The number of rotatable bonds is 4. The van der Waals surface area contributed by atoms with E-state index in [1.54, 1.807) is 25.5 Å². The van der Waals surface area contributed by atoms with Crippen LogP contribution in [0.25, 0.3) is 0 Å². The van der Waals surface area contributed by atoms with Gasteiger partial charge in [-0.3, -0.25) is 14.7 Å². The van der Waals surface area contributed by atoms with Crippen molar-refractivity contribution in [2.24, 2.45) is 10.1 Å². The van der Waals surface area contributed by atoms with Gasteiger partial charge in [-0.2, -0.15) is 5.10 Å². The van der Waals surface area contributed by atoms with Gasteiger partial charge < -0.3 is 4.74 Å². The van der Waals surface area contributed by atoms with Gasteiger partial charge in [0, 0.05) is 18.7 Å². The number of carbonyl (C=O) groups is 1. The maximum absolute atomic E-state index is 10.9. The summed E-state index contributed by atoms with van der Waals surface area (Å²) in [5.74, 6) is -0.315. The lowest BCUT2D eigenvalue weighted by atomic mass is 10.1. The number of anilines is 1. The van der Waals surface area contributed by atoms with Gasteiger partial charge in [-0.05, 0) is 32.0 Å². The molecule has 21 heavy (non-hydrogen) atoms. The third-order valence-electron chi connectivity index (χ3n) is 3.34. The number of hydrogen-bond acceptors (Lipinski definition) is 7. The van der Waals surface area contributed by atoms with E-state index in [-0.39, 0.29) is 6.04 Å². The molecular weight excluding hydrogens is 270 g/mol. The first-order valence-corrected chi connectivity index (χ1v) is 6.71. The van der Waals surface area contributed by atoms with E-state index in [2.05, 4.69) is 20.8 Å². The molecule has 110 valence electrons. The molecule has 0 spiro atoms. The van der Waals surface area contributed by atoms with Crippen LogP contribution < -0.4 is 15.6 Å². The predicted octanol–water partition coefficient (Wildman–Crippen LogP) is 1.19. The minimum Gasteiger partial charge on any atom is -0.327 e. The van der Waals surface area contributed by atoms with Crippen LogP contribution in [0.3, 0.4) is 0 Å². The maximum atomic E-state index is 10.9. The van der Waals surface area contributed by atoms with Crippen molar-refractivity contribution in [2.45, 2.75) is 25.9 Å². The average molecular weight is 287 g/mol. The molecule has 1 unspecified atom stereocenters. The zero-order valence-corrected chi connectivity index (χ0v) is 12.1. The molecule has 1 atom stereocenters. The van der Waals surface area contributed by atoms with Crippen LogP contribution in [0.4, 0.5) is 11.4 Å². The van der Waals surface area contributed by atoms with Gasteiger partial charge in [-0.25, -0.2) is 10.7 Å². The van der Waals surface area contributed by atoms with Gasteiger partial charge in [0.05, 0.1) is 17.6 Å². The van der Waals surface area contributed by atoms with E-state index in [4.69, 9.17) is 4.74 Å². The van der Waals surface area contributed by atoms with Gasteiger partial charge in [-0.1, -0.05) is 0 Å². The highest BCUT2D eigenvalue weighted by Gasteiger charge is 2.46. The van der Waals surface area contributed by atoms with Gasteiger partial charge in [0.25, 0.3) is 0 Å². The lowest BCUT2D eigenvalue weighted by molar-refractivity contribution is -0.0570. The maximum Gasteiger partial charge on any atom is 0.303 e. The summed E-state index contributed by atoms with van der Waals surface area (Å²) in [6.07, 6.45) is 2.45. The van der Waals surface area contributed by atoms with Crippen molar-refractivity contribution in [1.29, 1.82) is 0 Å². The lowest BCUT2D eigenvalue weighted by Crippen LogP contribution is -2.67. The Balaban J connectivity index is 2.08. The number of aldehydes is 1. The van der Waals surface area contributed by atoms with Crippen LogP contribution in [0.15, 0.2) is 28.3 Å². The zero-order valence-electron chi connectivity index (χ0n) is 12.1. The molecule has 0 aromatic heterocycles. The van der Waals surface area contributed by atoms with Crippen LogP contribution in [0, 0.1) is 0 Å². The number of hydrogen-bond donors (Lipinski definition) is 2. The smallest absolute Gasteiger partial charge is 0.303 e. The zero-order chi connectivity index (χ0) is 15.0. The van der Waals surface area contributed by atoms with E-state index in [0.29, 0.717) is 17.1 Å². The minimum absolute atomic E-state index is 0.170. The molecule has 2 N–H and O–H groups in total. The number of benzene rings is 1. The third-order valence-corrected chi connectivity index (χ3v) is 3.34. The molecule has 2 aliphatic heterocycles. The molecule has 0 aliphatic carbocycles. The summed E-state index contributed by atoms with van der Waals surface area (Å²) >= 11 is 0. The van der Waals surface area contributed by atoms with Crippen LogP contribution >= 0.6 is 0 Å². The average Bonchev–Trinajstić information content (AvgIpc) is 2.85. The molecule has 0 saturated carbocycles. The Kier molecular flexibility index (Phi) is 3.23. The van der Waals surface area contributed by atoms with E-state index in [1.165, 1.54) is 0 Å². The molecule has 2 aliphatic rings. The minimum atomic E-state index is -0.965.